The van der Waals surface area contributed by atoms with Crippen LogP contribution in [-0.4, -0.2) is 29.3 Å². The monoisotopic (exact) mass is 352 g/mol. The molecule has 2 aromatic rings. The zero-order chi connectivity index (χ0) is 17.2. The Morgan fingerprint density at radius 3 is 2.52 bits per heavy atom. The molecule has 1 N–H and O–H groups in total. The highest BCUT2D eigenvalue weighted by molar-refractivity contribution is 7.99. The molecule has 1 aliphatic heterocycles. The Balaban J connectivity index is 1.45. The molecule has 4 rings (SSSR count). The summed E-state index contributed by atoms with van der Waals surface area (Å²) in [5.41, 5.74) is 0.804. The van der Waals surface area contributed by atoms with Gasteiger partial charge in [-0.3, -0.25) is 9.59 Å². The van der Waals surface area contributed by atoms with Crippen molar-refractivity contribution in [3.8, 4) is 0 Å². The van der Waals surface area contributed by atoms with Gasteiger partial charge in [-0.15, -0.1) is 0 Å². The first-order valence-corrected chi connectivity index (χ1v) is 9.44. The van der Waals surface area contributed by atoms with E-state index in [4.69, 9.17) is 0 Å². The summed E-state index contributed by atoms with van der Waals surface area (Å²) in [6.45, 7) is 0.559. The first-order valence-electron chi connectivity index (χ1n) is 8.63. The summed E-state index contributed by atoms with van der Waals surface area (Å²) < 4.78 is 0. The predicted octanol–water partition coefficient (Wildman–Crippen LogP) is 3.79. The van der Waals surface area contributed by atoms with Gasteiger partial charge in [0, 0.05) is 28.8 Å². The summed E-state index contributed by atoms with van der Waals surface area (Å²) in [4.78, 5) is 28.7. The Labute approximate surface area is 151 Å². The number of benzene rings is 2. The molecule has 128 valence electrons. The van der Waals surface area contributed by atoms with Crippen LogP contribution >= 0.6 is 11.8 Å². The number of anilines is 1. The molecule has 1 unspecified atom stereocenters. The van der Waals surface area contributed by atoms with Crippen LogP contribution in [0.2, 0.25) is 0 Å². The van der Waals surface area contributed by atoms with Gasteiger partial charge in [-0.2, -0.15) is 0 Å². The van der Waals surface area contributed by atoms with E-state index in [1.165, 1.54) is 0 Å². The summed E-state index contributed by atoms with van der Waals surface area (Å²) in [5, 5.41) is 3.03. The number of hydrogen-bond acceptors (Lipinski definition) is 3. The zero-order valence-corrected chi connectivity index (χ0v) is 14.7. The van der Waals surface area contributed by atoms with Crippen LogP contribution in [-0.2, 0) is 9.59 Å². The maximum absolute atomic E-state index is 12.7. The van der Waals surface area contributed by atoms with Crippen LogP contribution in [0, 0.1) is 5.92 Å². The fraction of sp³-hybridized carbons (Fsp3) is 0.300. The standard InChI is InChI=1S/C20H20N2O2S/c23-19-12-14(13-22(19)15-10-11-15)20(24)21-17-8-4-5-9-18(17)25-16-6-2-1-3-7-16/h1-9,14-15H,10-13H2,(H,21,24). The van der Waals surface area contributed by atoms with Crippen LogP contribution in [0.4, 0.5) is 5.69 Å². The first-order chi connectivity index (χ1) is 12.2. The van der Waals surface area contributed by atoms with Gasteiger partial charge in [-0.1, -0.05) is 42.1 Å². The SMILES string of the molecule is O=C(Nc1ccccc1Sc1ccccc1)C1CC(=O)N(C2CC2)C1. The van der Waals surface area contributed by atoms with Gasteiger partial charge in [0.25, 0.3) is 0 Å². The molecule has 5 heteroatoms. The molecule has 2 fully saturated rings. The zero-order valence-electron chi connectivity index (χ0n) is 13.9. The van der Waals surface area contributed by atoms with E-state index in [0.29, 0.717) is 19.0 Å². The Morgan fingerprint density at radius 2 is 1.76 bits per heavy atom. The summed E-state index contributed by atoms with van der Waals surface area (Å²) in [6, 6.07) is 18.3. The average Bonchev–Trinajstić information content (AvgIpc) is 3.39. The smallest absolute Gasteiger partial charge is 0.229 e. The minimum absolute atomic E-state index is 0.0578. The lowest BCUT2D eigenvalue weighted by Gasteiger charge is -2.16. The maximum atomic E-state index is 12.7. The lowest BCUT2D eigenvalue weighted by Crippen LogP contribution is -2.29. The van der Waals surface area contributed by atoms with Gasteiger partial charge in [-0.05, 0) is 37.1 Å². The van der Waals surface area contributed by atoms with E-state index in [-0.39, 0.29) is 17.7 Å². The first kappa shape index (κ1) is 16.2. The molecule has 0 bridgehead atoms. The minimum Gasteiger partial charge on any atom is -0.339 e. The molecule has 25 heavy (non-hydrogen) atoms. The van der Waals surface area contributed by atoms with E-state index in [0.717, 1.165) is 28.3 Å². The van der Waals surface area contributed by atoms with E-state index in [2.05, 4.69) is 5.32 Å². The molecule has 1 aliphatic carbocycles. The molecule has 0 radical (unpaired) electrons. The molecule has 1 saturated carbocycles. The number of carbonyl (C=O) groups is 2. The third-order valence-corrected chi connectivity index (χ3v) is 5.72. The highest BCUT2D eigenvalue weighted by Gasteiger charge is 2.41. The molecule has 1 saturated heterocycles. The van der Waals surface area contributed by atoms with Gasteiger partial charge < -0.3 is 10.2 Å². The maximum Gasteiger partial charge on any atom is 0.229 e. The molecule has 1 atom stereocenters. The van der Waals surface area contributed by atoms with E-state index in [1.807, 2.05) is 59.5 Å². The molecule has 1 heterocycles. The second-order valence-corrected chi connectivity index (χ2v) is 7.69. The molecule has 2 aromatic carbocycles. The summed E-state index contributed by atoms with van der Waals surface area (Å²) in [6.07, 6.45) is 2.49. The van der Waals surface area contributed by atoms with Crippen molar-refractivity contribution in [2.24, 2.45) is 5.92 Å². The van der Waals surface area contributed by atoms with Crippen LogP contribution < -0.4 is 5.32 Å². The minimum atomic E-state index is -0.247. The molecule has 4 nitrogen and oxygen atoms in total. The van der Waals surface area contributed by atoms with Crippen molar-refractivity contribution >= 4 is 29.3 Å². The van der Waals surface area contributed by atoms with Crippen molar-refractivity contribution in [3.05, 3.63) is 54.6 Å². The van der Waals surface area contributed by atoms with Crippen molar-refractivity contribution < 1.29 is 9.59 Å². The van der Waals surface area contributed by atoms with E-state index < -0.39 is 0 Å². The number of rotatable bonds is 5. The van der Waals surface area contributed by atoms with E-state index in [1.54, 1.807) is 11.8 Å². The fourth-order valence-electron chi connectivity index (χ4n) is 3.16. The van der Waals surface area contributed by atoms with Crippen LogP contribution in [0.15, 0.2) is 64.4 Å². The lowest BCUT2D eigenvalue weighted by atomic mass is 10.1. The van der Waals surface area contributed by atoms with Gasteiger partial charge >= 0.3 is 0 Å². The molecule has 0 spiro atoms. The van der Waals surface area contributed by atoms with Gasteiger partial charge in [0.2, 0.25) is 11.8 Å². The van der Waals surface area contributed by atoms with Crippen molar-refractivity contribution in [2.75, 3.05) is 11.9 Å². The van der Waals surface area contributed by atoms with Gasteiger partial charge in [-0.25, -0.2) is 0 Å². The number of likely N-dealkylation sites (tertiary alicyclic amines) is 1. The lowest BCUT2D eigenvalue weighted by molar-refractivity contribution is -0.128. The molecular weight excluding hydrogens is 332 g/mol. The van der Waals surface area contributed by atoms with E-state index in [9.17, 15) is 9.59 Å². The second-order valence-electron chi connectivity index (χ2n) is 6.58. The molecular formula is C20H20N2O2S. The Kier molecular flexibility index (Phi) is 4.49. The number of nitrogens with zero attached hydrogens (tertiary/aromatic N) is 1. The highest BCUT2D eigenvalue weighted by atomic mass is 32.2. The van der Waals surface area contributed by atoms with Gasteiger partial charge in [0.15, 0.2) is 0 Å². The van der Waals surface area contributed by atoms with Crippen molar-refractivity contribution in [1.29, 1.82) is 0 Å². The van der Waals surface area contributed by atoms with Crippen LogP contribution in [0.3, 0.4) is 0 Å². The average molecular weight is 352 g/mol. The third kappa shape index (κ3) is 3.71. The van der Waals surface area contributed by atoms with E-state index >= 15 is 0 Å². The van der Waals surface area contributed by atoms with Crippen LogP contribution in [0.5, 0.6) is 0 Å². The summed E-state index contributed by atoms with van der Waals surface area (Å²) in [5.74, 6) is -0.185. The number of amides is 2. The van der Waals surface area contributed by atoms with Crippen LogP contribution in [0.25, 0.3) is 0 Å². The topological polar surface area (TPSA) is 49.4 Å². The second kappa shape index (κ2) is 6.92. The van der Waals surface area contributed by atoms with Crippen molar-refractivity contribution in [3.63, 3.8) is 0 Å². The van der Waals surface area contributed by atoms with Crippen molar-refractivity contribution in [2.45, 2.75) is 35.1 Å². The van der Waals surface area contributed by atoms with Crippen molar-refractivity contribution in [1.82, 2.24) is 4.90 Å². The van der Waals surface area contributed by atoms with Crippen LogP contribution in [0.1, 0.15) is 19.3 Å². The summed E-state index contributed by atoms with van der Waals surface area (Å²) >= 11 is 1.62. The Hall–Kier alpha value is -2.27. The molecule has 0 aromatic heterocycles. The number of carbonyl (C=O) groups excluding carboxylic acids is 2. The number of para-hydroxylation sites is 1. The number of hydrogen-bond donors (Lipinski definition) is 1. The number of nitrogens with one attached hydrogen (secondary N) is 1. The fourth-order valence-corrected chi connectivity index (χ4v) is 4.08. The largest absolute Gasteiger partial charge is 0.339 e. The molecule has 2 aliphatic rings. The predicted molar refractivity (Wildman–Crippen MR) is 98.5 cm³/mol. The van der Waals surface area contributed by atoms with Gasteiger partial charge in [0.1, 0.15) is 0 Å². The Morgan fingerprint density at radius 1 is 1.04 bits per heavy atom. The normalized spacial score (nSPS) is 19.9. The quantitative estimate of drug-likeness (QED) is 0.891. The summed E-state index contributed by atoms with van der Waals surface area (Å²) in [7, 11) is 0. The third-order valence-electron chi connectivity index (χ3n) is 4.63. The van der Waals surface area contributed by atoms with Gasteiger partial charge in [0.05, 0.1) is 11.6 Å². The highest BCUT2D eigenvalue weighted by Crippen LogP contribution is 2.35. The molecule has 2 amide bonds. The Bertz CT molecular complexity index is 789.